The average molecular weight is 338 g/mol. The van der Waals surface area contributed by atoms with Gasteiger partial charge in [0.1, 0.15) is 5.82 Å². The van der Waals surface area contributed by atoms with E-state index in [0.717, 1.165) is 29.5 Å². The molecule has 0 radical (unpaired) electrons. The number of hydrogen-bond donors (Lipinski definition) is 0. The van der Waals surface area contributed by atoms with Crippen LogP contribution in [-0.4, -0.2) is 7.11 Å². The highest BCUT2D eigenvalue weighted by atomic mass is 19.1. The molecule has 0 heterocycles. The minimum atomic E-state index is -0.118. The molecule has 2 aromatic carbocycles. The van der Waals surface area contributed by atoms with Crippen molar-refractivity contribution in [3.63, 3.8) is 0 Å². The first-order chi connectivity index (χ1) is 12.2. The van der Waals surface area contributed by atoms with Crippen molar-refractivity contribution >= 4 is 0 Å². The van der Waals surface area contributed by atoms with E-state index in [-0.39, 0.29) is 5.82 Å². The molecule has 0 saturated heterocycles. The zero-order valence-electron chi connectivity index (χ0n) is 15.2. The number of benzene rings is 2. The minimum Gasteiger partial charge on any atom is -0.380 e. The van der Waals surface area contributed by atoms with Gasteiger partial charge >= 0.3 is 0 Å². The molecular weight excluding hydrogens is 311 g/mol. The largest absolute Gasteiger partial charge is 0.380 e. The van der Waals surface area contributed by atoms with Crippen LogP contribution in [-0.2, 0) is 11.3 Å². The van der Waals surface area contributed by atoms with Gasteiger partial charge in [-0.2, -0.15) is 0 Å². The molecule has 1 saturated carbocycles. The van der Waals surface area contributed by atoms with Crippen molar-refractivity contribution in [3.8, 4) is 11.1 Å². The van der Waals surface area contributed by atoms with Crippen molar-refractivity contribution < 1.29 is 9.13 Å². The van der Waals surface area contributed by atoms with Crippen LogP contribution in [0.1, 0.15) is 49.7 Å². The van der Waals surface area contributed by atoms with E-state index in [4.69, 9.17) is 4.74 Å². The Morgan fingerprint density at radius 3 is 2.36 bits per heavy atom. The fourth-order valence-corrected chi connectivity index (χ4v) is 3.88. The highest BCUT2D eigenvalue weighted by Gasteiger charge is 2.21. The van der Waals surface area contributed by atoms with E-state index in [1.165, 1.54) is 12.8 Å². The van der Waals surface area contributed by atoms with Gasteiger partial charge in [-0.3, -0.25) is 0 Å². The van der Waals surface area contributed by atoms with Crippen LogP contribution in [0.2, 0.25) is 0 Å². The van der Waals surface area contributed by atoms with E-state index < -0.39 is 0 Å². The van der Waals surface area contributed by atoms with E-state index in [1.54, 1.807) is 13.2 Å². The first-order valence-corrected chi connectivity index (χ1v) is 9.21. The predicted octanol–water partition coefficient (Wildman–Crippen LogP) is 6.49. The zero-order valence-corrected chi connectivity index (χ0v) is 15.2. The maximum atomic E-state index is 14.7. The molecule has 132 valence electrons. The SMILES string of the molecule is CC=CC1CCC(c2ccc(-c3ccc(COC)cc3)c(F)c2)CC1. The van der Waals surface area contributed by atoms with Crippen LogP contribution in [0.5, 0.6) is 0 Å². The Hall–Kier alpha value is -1.93. The quantitative estimate of drug-likeness (QED) is 0.566. The van der Waals surface area contributed by atoms with Gasteiger partial charge in [-0.1, -0.05) is 48.6 Å². The van der Waals surface area contributed by atoms with Gasteiger partial charge in [0.15, 0.2) is 0 Å². The van der Waals surface area contributed by atoms with Gasteiger partial charge in [0.25, 0.3) is 0 Å². The molecule has 0 aromatic heterocycles. The van der Waals surface area contributed by atoms with Crippen LogP contribution in [0.25, 0.3) is 11.1 Å². The highest BCUT2D eigenvalue weighted by molar-refractivity contribution is 5.65. The second kappa shape index (κ2) is 8.44. The fraction of sp³-hybridized carbons (Fsp3) is 0.391. The lowest BCUT2D eigenvalue weighted by Crippen LogP contribution is -2.12. The molecule has 0 bridgehead atoms. The molecule has 0 N–H and O–H groups in total. The summed E-state index contributed by atoms with van der Waals surface area (Å²) in [5.74, 6) is 1.08. The topological polar surface area (TPSA) is 9.23 Å². The third-order valence-corrected chi connectivity index (χ3v) is 5.28. The van der Waals surface area contributed by atoms with Gasteiger partial charge in [0.2, 0.25) is 0 Å². The molecule has 25 heavy (non-hydrogen) atoms. The third-order valence-electron chi connectivity index (χ3n) is 5.28. The summed E-state index contributed by atoms with van der Waals surface area (Å²) in [5.41, 5.74) is 3.84. The molecule has 1 fully saturated rings. The van der Waals surface area contributed by atoms with E-state index in [9.17, 15) is 4.39 Å². The summed E-state index contributed by atoms with van der Waals surface area (Å²) in [6.45, 7) is 2.67. The van der Waals surface area contributed by atoms with Crippen molar-refractivity contribution in [2.24, 2.45) is 5.92 Å². The summed E-state index contributed by atoms with van der Waals surface area (Å²) in [6.07, 6.45) is 9.18. The Kier molecular flexibility index (Phi) is 6.04. The smallest absolute Gasteiger partial charge is 0.131 e. The second-order valence-electron chi connectivity index (χ2n) is 7.01. The van der Waals surface area contributed by atoms with Crippen LogP contribution in [0.3, 0.4) is 0 Å². The number of ether oxygens (including phenoxy) is 1. The van der Waals surface area contributed by atoms with Crippen LogP contribution in [0.15, 0.2) is 54.6 Å². The Labute approximate surface area is 150 Å². The van der Waals surface area contributed by atoms with E-state index in [1.807, 2.05) is 30.3 Å². The Morgan fingerprint density at radius 1 is 1.04 bits per heavy atom. The van der Waals surface area contributed by atoms with Gasteiger partial charge in [-0.25, -0.2) is 4.39 Å². The molecule has 0 spiro atoms. The van der Waals surface area contributed by atoms with E-state index in [0.29, 0.717) is 24.0 Å². The lowest BCUT2D eigenvalue weighted by atomic mass is 9.78. The highest BCUT2D eigenvalue weighted by Crippen LogP contribution is 2.37. The van der Waals surface area contributed by atoms with Crippen LogP contribution < -0.4 is 0 Å². The average Bonchev–Trinajstić information content (AvgIpc) is 2.64. The molecule has 1 aliphatic rings. The van der Waals surface area contributed by atoms with Crippen molar-refractivity contribution in [2.75, 3.05) is 7.11 Å². The van der Waals surface area contributed by atoms with Crippen molar-refractivity contribution in [1.82, 2.24) is 0 Å². The van der Waals surface area contributed by atoms with Crippen molar-refractivity contribution in [1.29, 1.82) is 0 Å². The predicted molar refractivity (Wildman–Crippen MR) is 102 cm³/mol. The molecule has 1 aliphatic carbocycles. The first kappa shape index (κ1) is 17.9. The number of rotatable bonds is 5. The second-order valence-corrected chi connectivity index (χ2v) is 7.01. The van der Waals surface area contributed by atoms with Crippen molar-refractivity contribution in [2.45, 2.75) is 45.1 Å². The Bertz CT molecular complexity index is 709. The molecule has 3 rings (SSSR count). The summed E-state index contributed by atoms with van der Waals surface area (Å²) in [6, 6.07) is 13.7. The maximum absolute atomic E-state index is 14.7. The Morgan fingerprint density at radius 2 is 1.76 bits per heavy atom. The molecular formula is C23H27FO. The molecule has 0 aliphatic heterocycles. The summed E-state index contributed by atoms with van der Waals surface area (Å²) in [5, 5.41) is 0. The first-order valence-electron chi connectivity index (χ1n) is 9.21. The summed E-state index contributed by atoms with van der Waals surface area (Å²) in [7, 11) is 1.68. The zero-order chi connectivity index (χ0) is 17.6. The van der Waals surface area contributed by atoms with Gasteiger partial charge in [0.05, 0.1) is 6.61 Å². The third kappa shape index (κ3) is 4.38. The summed E-state index contributed by atoms with van der Waals surface area (Å²) < 4.78 is 19.8. The molecule has 2 heteroatoms. The minimum absolute atomic E-state index is 0.118. The standard InChI is InChI=1S/C23H27FO/c1-3-4-17-5-9-19(10-6-17)21-13-14-22(23(24)15-21)20-11-7-18(8-12-20)16-25-2/h3-4,7-8,11-15,17,19H,5-6,9-10,16H2,1-2H3. The number of halogens is 1. The van der Waals surface area contributed by atoms with Crippen LogP contribution >= 0.6 is 0 Å². The molecule has 0 amide bonds. The molecule has 0 unspecified atom stereocenters. The van der Waals surface area contributed by atoms with Crippen LogP contribution in [0, 0.1) is 11.7 Å². The van der Waals surface area contributed by atoms with Gasteiger partial charge < -0.3 is 4.74 Å². The summed E-state index contributed by atoms with van der Waals surface area (Å²) in [4.78, 5) is 0. The number of methoxy groups -OCH3 is 1. The molecule has 1 nitrogen and oxygen atoms in total. The monoisotopic (exact) mass is 338 g/mol. The van der Waals surface area contributed by atoms with Gasteiger partial charge in [0, 0.05) is 12.7 Å². The van der Waals surface area contributed by atoms with E-state index >= 15 is 0 Å². The van der Waals surface area contributed by atoms with Crippen molar-refractivity contribution in [3.05, 3.63) is 71.6 Å². The lowest BCUT2D eigenvalue weighted by Gasteiger charge is -2.27. The lowest BCUT2D eigenvalue weighted by molar-refractivity contribution is 0.185. The number of hydrogen-bond acceptors (Lipinski definition) is 1. The number of allylic oxidation sites excluding steroid dienone is 2. The maximum Gasteiger partial charge on any atom is 0.131 e. The molecule has 0 atom stereocenters. The Balaban J connectivity index is 1.73. The van der Waals surface area contributed by atoms with E-state index in [2.05, 4.69) is 25.1 Å². The van der Waals surface area contributed by atoms with Gasteiger partial charge in [-0.05, 0) is 67.2 Å². The fourth-order valence-electron chi connectivity index (χ4n) is 3.88. The normalized spacial score (nSPS) is 20.9. The van der Waals surface area contributed by atoms with Crippen LogP contribution in [0.4, 0.5) is 4.39 Å². The van der Waals surface area contributed by atoms with Gasteiger partial charge in [-0.15, -0.1) is 0 Å². The molecule has 2 aromatic rings. The summed E-state index contributed by atoms with van der Waals surface area (Å²) >= 11 is 0.